The third kappa shape index (κ3) is 5.07. The Balaban J connectivity index is 1.91. The maximum atomic E-state index is 11.8. The lowest BCUT2D eigenvalue weighted by molar-refractivity contribution is -0.00940. The van der Waals surface area contributed by atoms with Gasteiger partial charge in [0, 0.05) is 23.6 Å². The maximum absolute atomic E-state index is 11.8. The summed E-state index contributed by atoms with van der Waals surface area (Å²) < 4.78 is 35.4. The highest BCUT2D eigenvalue weighted by Gasteiger charge is 2.22. The first kappa shape index (κ1) is 21.1. The Morgan fingerprint density at radius 1 is 1.29 bits per heavy atom. The third-order valence-corrected chi connectivity index (χ3v) is 6.58. The number of nitrogens with zero attached hydrogens (tertiary/aromatic N) is 1. The molecule has 0 amide bonds. The number of ether oxygens (including phenoxy) is 2. The summed E-state index contributed by atoms with van der Waals surface area (Å²) >= 11 is 1.68. The van der Waals surface area contributed by atoms with Crippen molar-refractivity contribution in [1.29, 1.82) is 0 Å². The largest absolute Gasteiger partial charge is 0.457 e. The second kappa shape index (κ2) is 8.84. The van der Waals surface area contributed by atoms with Crippen LogP contribution < -0.4 is 9.88 Å². The molecule has 2 aromatic carbocycles. The predicted molar refractivity (Wildman–Crippen MR) is 111 cm³/mol. The molecule has 2 aromatic rings. The molecule has 28 heavy (non-hydrogen) atoms. The van der Waals surface area contributed by atoms with E-state index in [-0.39, 0.29) is 11.1 Å². The summed E-state index contributed by atoms with van der Waals surface area (Å²) in [7, 11) is -1.83. The molecule has 0 radical (unpaired) electrons. The molecular formula is C20H26N2O4S2. The molecule has 2 N–H and O–H groups in total. The van der Waals surface area contributed by atoms with Gasteiger partial charge >= 0.3 is 0 Å². The van der Waals surface area contributed by atoms with Crippen LogP contribution in [0.4, 0.5) is 0 Å². The number of sulfonamides is 1. The smallest absolute Gasteiger partial charge is 0.238 e. The molecule has 1 aliphatic rings. The highest BCUT2D eigenvalue weighted by atomic mass is 32.2. The van der Waals surface area contributed by atoms with Crippen LogP contribution in [0.3, 0.4) is 0 Å². The molecular weight excluding hydrogens is 396 g/mol. The van der Waals surface area contributed by atoms with E-state index in [1.807, 2.05) is 38.4 Å². The Labute approximate surface area is 171 Å². The van der Waals surface area contributed by atoms with E-state index in [0.29, 0.717) is 18.0 Å². The fourth-order valence-electron chi connectivity index (χ4n) is 3.28. The van der Waals surface area contributed by atoms with Gasteiger partial charge in [0.25, 0.3) is 0 Å². The molecule has 1 atom stereocenters. The molecule has 0 spiro atoms. The lowest BCUT2D eigenvalue weighted by atomic mass is 10.1. The quantitative estimate of drug-likeness (QED) is 0.685. The Hall–Kier alpha value is -1.58. The van der Waals surface area contributed by atoms with Crippen LogP contribution in [0.25, 0.3) is 0 Å². The minimum absolute atomic E-state index is 0.0223. The summed E-state index contributed by atoms with van der Waals surface area (Å²) in [6.45, 7) is 3.27. The van der Waals surface area contributed by atoms with Gasteiger partial charge in [-0.1, -0.05) is 0 Å². The van der Waals surface area contributed by atoms with E-state index in [1.165, 1.54) is 11.0 Å². The maximum Gasteiger partial charge on any atom is 0.238 e. The number of nitrogens with two attached hydrogens (primary N) is 1. The van der Waals surface area contributed by atoms with Gasteiger partial charge in [-0.2, -0.15) is 0 Å². The van der Waals surface area contributed by atoms with E-state index < -0.39 is 10.0 Å². The number of hydrogen-bond donors (Lipinski definition) is 1. The van der Waals surface area contributed by atoms with Crippen molar-refractivity contribution in [3.63, 3.8) is 0 Å². The van der Waals surface area contributed by atoms with Crippen LogP contribution in [-0.2, 0) is 21.3 Å². The van der Waals surface area contributed by atoms with Crippen LogP contribution in [0, 0.1) is 6.92 Å². The van der Waals surface area contributed by atoms with Crippen molar-refractivity contribution in [2.45, 2.75) is 42.3 Å². The fraction of sp³-hybridized carbons (Fsp3) is 0.400. The van der Waals surface area contributed by atoms with E-state index in [9.17, 15) is 8.42 Å². The van der Waals surface area contributed by atoms with Gasteiger partial charge in [0.1, 0.15) is 17.7 Å². The number of hydrogen-bond acceptors (Lipinski definition) is 6. The Morgan fingerprint density at radius 2 is 2.07 bits per heavy atom. The van der Waals surface area contributed by atoms with E-state index in [0.717, 1.165) is 30.6 Å². The monoisotopic (exact) mass is 422 g/mol. The second-order valence-corrected chi connectivity index (χ2v) is 9.34. The van der Waals surface area contributed by atoms with E-state index >= 15 is 0 Å². The number of thioether (sulfide) groups is 1. The first-order valence-electron chi connectivity index (χ1n) is 9.08. The second-order valence-electron chi connectivity index (χ2n) is 6.93. The Kier molecular flexibility index (Phi) is 6.67. The van der Waals surface area contributed by atoms with Gasteiger partial charge in [-0.15, -0.1) is 11.8 Å². The lowest BCUT2D eigenvalue weighted by Gasteiger charge is -2.24. The van der Waals surface area contributed by atoms with Crippen LogP contribution in [0.1, 0.15) is 24.0 Å². The third-order valence-electron chi connectivity index (χ3n) is 4.77. The first-order chi connectivity index (χ1) is 13.3. The fourth-order valence-corrected chi connectivity index (χ4v) is 4.43. The molecule has 0 bridgehead atoms. The zero-order valence-corrected chi connectivity index (χ0v) is 18.0. The molecule has 1 aliphatic heterocycles. The summed E-state index contributed by atoms with van der Waals surface area (Å²) in [6, 6.07) is 10.6. The van der Waals surface area contributed by atoms with E-state index in [2.05, 4.69) is 4.90 Å². The Bertz CT molecular complexity index is 941. The average molecular weight is 423 g/mol. The highest BCUT2D eigenvalue weighted by Crippen LogP contribution is 2.32. The van der Waals surface area contributed by atoms with Crippen molar-refractivity contribution in [3.8, 4) is 11.5 Å². The summed E-state index contributed by atoms with van der Waals surface area (Å²) in [5.41, 5.74) is 1.88. The number of aryl methyl sites for hydroxylation is 1. The van der Waals surface area contributed by atoms with E-state index in [4.69, 9.17) is 14.6 Å². The van der Waals surface area contributed by atoms with Crippen LogP contribution >= 0.6 is 11.8 Å². The summed E-state index contributed by atoms with van der Waals surface area (Å²) in [6.07, 6.45) is 4.04. The predicted octanol–water partition coefficient (Wildman–Crippen LogP) is 3.72. The summed E-state index contributed by atoms with van der Waals surface area (Å²) in [5, 5.41) is 5.32. The molecule has 152 valence electrons. The van der Waals surface area contributed by atoms with Crippen LogP contribution in [0.2, 0.25) is 0 Å². The number of rotatable bonds is 7. The molecule has 1 heterocycles. The van der Waals surface area contributed by atoms with Crippen molar-refractivity contribution in [2.24, 2.45) is 5.14 Å². The normalized spacial score (nSPS) is 17.2. The summed E-state index contributed by atoms with van der Waals surface area (Å²) in [4.78, 5) is 3.32. The lowest BCUT2D eigenvalue weighted by Crippen LogP contribution is -2.30. The van der Waals surface area contributed by atoms with Crippen molar-refractivity contribution >= 4 is 21.8 Å². The van der Waals surface area contributed by atoms with Gasteiger partial charge in [-0.3, -0.25) is 4.90 Å². The molecule has 3 rings (SSSR count). The van der Waals surface area contributed by atoms with E-state index in [1.54, 1.807) is 23.9 Å². The van der Waals surface area contributed by atoms with Crippen molar-refractivity contribution < 1.29 is 17.9 Å². The molecule has 0 aliphatic carbocycles. The molecule has 8 heteroatoms. The molecule has 1 saturated heterocycles. The number of benzene rings is 2. The zero-order valence-electron chi connectivity index (χ0n) is 16.3. The molecule has 0 unspecified atom stereocenters. The summed E-state index contributed by atoms with van der Waals surface area (Å²) in [5.74, 6) is 1.31. The Morgan fingerprint density at radius 3 is 2.68 bits per heavy atom. The number of primary sulfonamides is 1. The average Bonchev–Trinajstić information content (AvgIpc) is 3.17. The van der Waals surface area contributed by atoms with Gasteiger partial charge < -0.3 is 9.47 Å². The van der Waals surface area contributed by atoms with Crippen molar-refractivity contribution in [3.05, 3.63) is 47.5 Å². The first-order valence-corrected chi connectivity index (χ1v) is 11.8. The van der Waals surface area contributed by atoms with Gasteiger partial charge in [0.2, 0.25) is 10.0 Å². The van der Waals surface area contributed by atoms with Crippen molar-refractivity contribution in [1.82, 2.24) is 4.90 Å². The molecule has 1 fully saturated rings. The van der Waals surface area contributed by atoms with Crippen LogP contribution in [-0.4, -0.2) is 39.5 Å². The minimum atomic E-state index is -3.79. The standard InChI is InChI=1S/C20H26N2O4S2/c1-14-11-16(6-9-19(14)27-3)26-18-8-7-17(28(21,23)24)12-15(18)13-22(2)20-5-4-10-25-20/h6-9,11-12,20H,4-5,10,13H2,1-3H3,(H2,21,23,24)/t20-/m0/s1. The minimum Gasteiger partial charge on any atom is -0.457 e. The van der Waals surface area contributed by atoms with Gasteiger partial charge in [-0.05, 0) is 75.0 Å². The van der Waals surface area contributed by atoms with Crippen molar-refractivity contribution in [2.75, 3.05) is 19.9 Å². The van der Waals surface area contributed by atoms with Gasteiger partial charge in [-0.25, -0.2) is 13.6 Å². The van der Waals surface area contributed by atoms with Crippen LogP contribution in [0.5, 0.6) is 11.5 Å². The molecule has 6 nitrogen and oxygen atoms in total. The molecule has 0 aromatic heterocycles. The highest BCUT2D eigenvalue weighted by molar-refractivity contribution is 7.98. The SMILES string of the molecule is CSc1ccc(Oc2ccc(S(N)(=O)=O)cc2CN(C)[C@@H]2CCCO2)cc1C. The topological polar surface area (TPSA) is 81.9 Å². The zero-order chi connectivity index (χ0) is 20.3. The van der Waals surface area contributed by atoms with Gasteiger partial charge in [0.05, 0.1) is 4.90 Å². The molecule has 0 saturated carbocycles. The van der Waals surface area contributed by atoms with Crippen LogP contribution in [0.15, 0.2) is 46.2 Å². The van der Waals surface area contributed by atoms with Gasteiger partial charge in [0.15, 0.2) is 0 Å².